The number of thiazole rings is 1. The second-order valence-electron chi connectivity index (χ2n) is 6.78. The van der Waals surface area contributed by atoms with E-state index in [1.807, 2.05) is 7.05 Å². The van der Waals surface area contributed by atoms with Crippen LogP contribution in [0.1, 0.15) is 36.9 Å². The maximum atomic E-state index is 12.3. The van der Waals surface area contributed by atoms with Crippen LogP contribution in [-0.4, -0.2) is 79.1 Å². The van der Waals surface area contributed by atoms with Gasteiger partial charge in [0.1, 0.15) is 5.01 Å². The molecule has 0 saturated carbocycles. The van der Waals surface area contributed by atoms with Crippen molar-refractivity contribution in [3.8, 4) is 0 Å². The van der Waals surface area contributed by atoms with Crippen LogP contribution in [0.25, 0.3) is 0 Å². The van der Waals surface area contributed by atoms with Crippen LogP contribution < -0.4 is 0 Å². The van der Waals surface area contributed by atoms with Crippen LogP contribution in [0.3, 0.4) is 0 Å². The molecule has 1 aromatic rings. The Morgan fingerprint density at radius 2 is 2.08 bits per heavy atom. The lowest BCUT2D eigenvalue weighted by atomic mass is 10.3. The van der Waals surface area contributed by atoms with Gasteiger partial charge in [-0.25, -0.2) is 4.98 Å². The van der Waals surface area contributed by atoms with E-state index in [9.17, 15) is 4.79 Å². The van der Waals surface area contributed by atoms with Gasteiger partial charge in [0, 0.05) is 38.5 Å². The smallest absolute Gasteiger partial charge is 0.223 e. The molecule has 1 fully saturated rings. The van der Waals surface area contributed by atoms with Crippen molar-refractivity contribution >= 4 is 17.2 Å². The average molecular weight is 369 g/mol. The third kappa shape index (κ3) is 7.40. The highest BCUT2D eigenvalue weighted by molar-refractivity contribution is 7.09. The van der Waals surface area contributed by atoms with Crippen molar-refractivity contribution in [1.29, 1.82) is 0 Å². The van der Waals surface area contributed by atoms with E-state index in [2.05, 4.69) is 29.2 Å². The molecule has 25 heavy (non-hydrogen) atoms. The summed E-state index contributed by atoms with van der Waals surface area (Å²) in [6.07, 6.45) is 2.95. The quantitative estimate of drug-likeness (QED) is 0.633. The number of rotatable bonds is 10. The van der Waals surface area contributed by atoms with E-state index in [4.69, 9.17) is 9.72 Å². The lowest BCUT2D eigenvalue weighted by Crippen LogP contribution is -2.35. The highest BCUT2D eigenvalue weighted by Gasteiger charge is 2.15. The van der Waals surface area contributed by atoms with Gasteiger partial charge in [0.2, 0.25) is 5.91 Å². The van der Waals surface area contributed by atoms with Crippen molar-refractivity contribution in [2.75, 3.05) is 53.5 Å². The van der Waals surface area contributed by atoms with E-state index in [-0.39, 0.29) is 5.91 Å². The fraction of sp³-hybridized carbons (Fsp3) is 0.778. The largest absolute Gasteiger partial charge is 0.379 e. The number of amides is 1. The minimum absolute atomic E-state index is 0.186. The monoisotopic (exact) mass is 368 g/mol. The van der Waals surface area contributed by atoms with E-state index in [0.29, 0.717) is 13.0 Å². The molecule has 0 aliphatic carbocycles. The summed E-state index contributed by atoms with van der Waals surface area (Å²) >= 11 is 1.68. The molecule has 1 aliphatic rings. The SMILES string of the molecule is CCCCN(C)CCC(=O)N(C)Cc1csc(CN2CCOCC2)n1. The van der Waals surface area contributed by atoms with Gasteiger partial charge >= 0.3 is 0 Å². The van der Waals surface area contributed by atoms with Crippen molar-refractivity contribution in [3.05, 3.63) is 16.1 Å². The molecule has 2 rings (SSSR count). The molecule has 0 spiro atoms. The molecular weight excluding hydrogens is 336 g/mol. The normalized spacial score (nSPS) is 15.7. The first-order valence-electron chi connectivity index (χ1n) is 9.24. The highest BCUT2D eigenvalue weighted by atomic mass is 32.1. The molecule has 0 N–H and O–H groups in total. The maximum absolute atomic E-state index is 12.3. The number of carbonyl (C=O) groups excluding carboxylic acids is 1. The second-order valence-corrected chi connectivity index (χ2v) is 7.72. The Bertz CT molecular complexity index is 517. The molecule has 0 unspecified atom stereocenters. The number of ether oxygens (including phenoxy) is 1. The molecule has 0 atom stereocenters. The van der Waals surface area contributed by atoms with Gasteiger partial charge in [-0.15, -0.1) is 11.3 Å². The highest BCUT2D eigenvalue weighted by Crippen LogP contribution is 2.15. The van der Waals surface area contributed by atoms with E-state index >= 15 is 0 Å². The number of aromatic nitrogens is 1. The summed E-state index contributed by atoms with van der Waals surface area (Å²) in [5, 5.41) is 3.20. The fourth-order valence-electron chi connectivity index (χ4n) is 2.79. The number of hydrogen-bond donors (Lipinski definition) is 0. The van der Waals surface area contributed by atoms with Gasteiger partial charge in [-0.3, -0.25) is 9.69 Å². The third-order valence-corrected chi connectivity index (χ3v) is 5.37. The van der Waals surface area contributed by atoms with Gasteiger partial charge in [-0.05, 0) is 20.0 Å². The van der Waals surface area contributed by atoms with Crippen molar-refractivity contribution < 1.29 is 9.53 Å². The van der Waals surface area contributed by atoms with Gasteiger partial charge < -0.3 is 14.5 Å². The molecule has 0 radical (unpaired) electrons. The van der Waals surface area contributed by atoms with Gasteiger partial charge in [-0.1, -0.05) is 13.3 Å². The summed E-state index contributed by atoms with van der Waals surface area (Å²) in [6, 6.07) is 0. The zero-order chi connectivity index (χ0) is 18.1. The summed E-state index contributed by atoms with van der Waals surface area (Å²) in [4.78, 5) is 23.4. The topological polar surface area (TPSA) is 48.9 Å². The van der Waals surface area contributed by atoms with E-state index in [0.717, 1.165) is 56.6 Å². The van der Waals surface area contributed by atoms with Crippen LogP contribution in [0.4, 0.5) is 0 Å². The minimum Gasteiger partial charge on any atom is -0.379 e. The van der Waals surface area contributed by atoms with E-state index in [1.54, 1.807) is 16.2 Å². The van der Waals surface area contributed by atoms with Gasteiger partial charge in [0.05, 0.1) is 32.0 Å². The Balaban J connectivity index is 1.72. The van der Waals surface area contributed by atoms with Gasteiger partial charge in [-0.2, -0.15) is 0 Å². The number of hydrogen-bond acceptors (Lipinski definition) is 6. The Kier molecular flexibility index (Phi) is 8.81. The van der Waals surface area contributed by atoms with Crippen molar-refractivity contribution in [3.63, 3.8) is 0 Å². The Hall–Kier alpha value is -1.02. The molecule has 142 valence electrons. The minimum atomic E-state index is 0.186. The molecular formula is C18H32N4O2S. The Morgan fingerprint density at radius 3 is 2.80 bits per heavy atom. The lowest BCUT2D eigenvalue weighted by Gasteiger charge is -2.25. The zero-order valence-corrected chi connectivity index (χ0v) is 16.7. The van der Waals surface area contributed by atoms with E-state index < -0.39 is 0 Å². The van der Waals surface area contributed by atoms with Crippen molar-refractivity contribution in [1.82, 2.24) is 19.7 Å². The predicted octanol–water partition coefficient (Wildman–Crippen LogP) is 2.06. The predicted molar refractivity (Wildman–Crippen MR) is 102 cm³/mol. The number of unbranched alkanes of at least 4 members (excludes halogenated alkanes) is 1. The summed E-state index contributed by atoms with van der Waals surface area (Å²) in [5.74, 6) is 0.186. The van der Waals surface area contributed by atoms with Gasteiger partial charge in [0.15, 0.2) is 0 Å². The number of morpholine rings is 1. The molecule has 1 saturated heterocycles. The Labute approximate surface area is 155 Å². The first-order valence-corrected chi connectivity index (χ1v) is 10.1. The molecule has 2 heterocycles. The van der Waals surface area contributed by atoms with Crippen molar-refractivity contribution in [2.24, 2.45) is 0 Å². The summed E-state index contributed by atoms with van der Waals surface area (Å²) in [7, 11) is 3.96. The number of nitrogens with zero attached hydrogens (tertiary/aromatic N) is 4. The molecule has 6 nitrogen and oxygen atoms in total. The van der Waals surface area contributed by atoms with Crippen LogP contribution in [0.2, 0.25) is 0 Å². The fourth-order valence-corrected chi connectivity index (χ4v) is 3.62. The average Bonchev–Trinajstić information content (AvgIpc) is 3.05. The molecule has 0 aromatic carbocycles. The van der Waals surface area contributed by atoms with Crippen LogP contribution in [0, 0.1) is 0 Å². The summed E-state index contributed by atoms with van der Waals surface area (Å²) in [5.41, 5.74) is 0.989. The van der Waals surface area contributed by atoms with Crippen LogP contribution in [-0.2, 0) is 22.6 Å². The van der Waals surface area contributed by atoms with Crippen molar-refractivity contribution in [2.45, 2.75) is 39.3 Å². The molecule has 7 heteroatoms. The molecule has 1 aromatic heterocycles. The molecule has 1 amide bonds. The second kappa shape index (κ2) is 10.9. The Morgan fingerprint density at radius 1 is 1.32 bits per heavy atom. The molecule has 0 bridgehead atoms. The first kappa shape index (κ1) is 20.3. The summed E-state index contributed by atoms with van der Waals surface area (Å²) in [6.45, 7) is 9.11. The van der Waals surface area contributed by atoms with Crippen LogP contribution in [0.5, 0.6) is 0 Å². The third-order valence-electron chi connectivity index (χ3n) is 4.49. The first-order chi connectivity index (χ1) is 12.1. The molecule has 1 aliphatic heterocycles. The standard InChI is InChI=1S/C18H32N4O2S/c1-4-5-7-20(2)8-6-18(23)21(3)13-16-15-25-17(19-16)14-22-9-11-24-12-10-22/h15H,4-14H2,1-3H3. The lowest BCUT2D eigenvalue weighted by molar-refractivity contribution is -0.130. The van der Waals surface area contributed by atoms with Gasteiger partial charge in [0.25, 0.3) is 0 Å². The number of carbonyl (C=O) groups is 1. The maximum Gasteiger partial charge on any atom is 0.223 e. The van der Waals surface area contributed by atoms with E-state index in [1.165, 1.54) is 12.8 Å². The zero-order valence-electron chi connectivity index (χ0n) is 15.9. The summed E-state index contributed by atoms with van der Waals surface area (Å²) < 4.78 is 5.38. The van der Waals surface area contributed by atoms with Crippen LogP contribution >= 0.6 is 11.3 Å². The van der Waals surface area contributed by atoms with Crippen LogP contribution in [0.15, 0.2) is 5.38 Å².